The zero-order valence-electron chi connectivity index (χ0n) is 11.4. The first-order chi connectivity index (χ1) is 8.58. The van der Waals surface area contributed by atoms with E-state index in [1.54, 1.807) is 7.11 Å². The highest BCUT2D eigenvalue weighted by atomic mass is 16.5. The summed E-state index contributed by atoms with van der Waals surface area (Å²) in [6.45, 7) is 4.51. The highest BCUT2D eigenvalue weighted by Gasteiger charge is 2.14. The van der Waals surface area contributed by atoms with Gasteiger partial charge in [-0.3, -0.25) is 4.79 Å². The molecule has 1 aromatic carbocycles. The molecular weight excluding hydrogens is 230 g/mol. The zero-order valence-corrected chi connectivity index (χ0v) is 11.4. The van der Waals surface area contributed by atoms with Crippen LogP contribution in [0.1, 0.15) is 25.5 Å². The number of carbonyl (C=O) groups is 1. The summed E-state index contributed by atoms with van der Waals surface area (Å²) in [5.41, 5.74) is 1.16. The van der Waals surface area contributed by atoms with Gasteiger partial charge in [-0.05, 0) is 24.6 Å². The summed E-state index contributed by atoms with van der Waals surface area (Å²) in [4.78, 5) is 11.3. The van der Waals surface area contributed by atoms with Crippen LogP contribution in [0.25, 0.3) is 0 Å². The van der Waals surface area contributed by atoms with Crippen molar-refractivity contribution >= 4 is 5.97 Å². The van der Waals surface area contributed by atoms with Crippen molar-refractivity contribution in [2.45, 2.75) is 19.9 Å². The minimum atomic E-state index is -0.190. The fraction of sp³-hybridized carbons (Fsp3) is 0.500. The second-order valence-electron chi connectivity index (χ2n) is 4.33. The number of carbonyl (C=O) groups excluding carboxylic acids is 1. The van der Waals surface area contributed by atoms with Crippen molar-refractivity contribution in [2.75, 3.05) is 20.8 Å². The molecule has 0 saturated heterocycles. The van der Waals surface area contributed by atoms with Crippen LogP contribution < -0.4 is 10.1 Å². The Kier molecular flexibility index (Phi) is 5.65. The lowest BCUT2D eigenvalue weighted by atomic mass is 10.1. The maximum atomic E-state index is 11.3. The number of rotatable bonds is 6. The Morgan fingerprint density at radius 2 is 1.83 bits per heavy atom. The molecule has 2 atom stereocenters. The molecule has 0 aromatic heterocycles. The molecule has 1 aromatic rings. The summed E-state index contributed by atoms with van der Waals surface area (Å²) >= 11 is 0. The van der Waals surface area contributed by atoms with Crippen molar-refractivity contribution in [3.05, 3.63) is 29.8 Å². The van der Waals surface area contributed by atoms with Crippen molar-refractivity contribution in [1.82, 2.24) is 5.32 Å². The maximum Gasteiger partial charge on any atom is 0.309 e. The molecular formula is C14H21NO3. The van der Waals surface area contributed by atoms with E-state index in [0.29, 0.717) is 6.54 Å². The Balaban J connectivity index is 2.49. The van der Waals surface area contributed by atoms with Crippen LogP contribution in [0.2, 0.25) is 0 Å². The van der Waals surface area contributed by atoms with Gasteiger partial charge < -0.3 is 14.8 Å². The Labute approximate surface area is 108 Å². The first-order valence-corrected chi connectivity index (χ1v) is 6.03. The van der Waals surface area contributed by atoms with E-state index in [2.05, 4.69) is 17.0 Å². The molecule has 2 unspecified atom stereocenters. The summed E-state index contributed by atoms with van der Waals surface area (Å²) in [7, 11) is 3.06. The van der Waals surface area contributed by atoms with E-state index in [9.17, 15) is 4.79 Å². The van der Waals surface area contributed by atoms with Gasteiger partial charge in [-0.15, -0.1) is 0 Å². The van der Waals surface area contributed by atoms with Crippen LogP contribution >= 0.6 is 0 Å². The van der Waals surface area contributed by atoms with Crippen LogP contribution in [0.15, 0.2) is 24.3 Å². The molecule has 0 amide bonds. The second-order valence-corrected chi connectivity index (χ2v) is 4.33. The topological polar surface area (TPSA) is 47.6 Å². The number of hydrogen-bond acceptors (Lipinski definition) is 4. The number of benzene rings is 1. The molecule has 100 valence electrons. The van der Waals surface area contributed by atoms with Gasteiger partial charge in [0.05, 0.1) is 20.1 Å². The van der Waals surface area contributed by atoms with Crippen LogP contribution in [0, 0.1) is 5.92 Å². The summed E-state index contributed by atoms with van der Waals surface area (Å²) in [5.74, 6) is 0.508. The third-order valence-electron chi connectivity index (χ3n) is 2.95. The molecule has 0 heterocycles. The maximum absolute atomic E-state index is 11.3. The molecule has 0 aliphatic carbocycles. The van der Waals surface area contributed by atoms with Gasteiger partial charge in [0.15, 0.2) is 0 Å². The SMILES string of the molecule is COC(=O)C(C)CNC(C)c1ccc(OC)cc1. The van der Waals surface area contributed by atoms with Crippen LogP contribution in [0.4, 0.5) is 0 Å². The van der Waals surface area contributed by atoms with Gasteiger partial charge >= 0.3 is 5.97 Å². The van der Waals surface area contributed by atoms with E-state index in [1.165, 1.54) is 7.11 Å². The first-order valence-electron chi connectivity index (χ1n) is 6.03. The van der Waals surface area contributed by atoms with Crippen LogP contribution in [0.5, 0.6) is 5.75 Å². The number of nitrogens with one attached hydrogen (secondary N) is 1. The summed E-state index contributed by atoms with van der Waals surface area (Å²) in [5, 5.41) is 3.31. The average Bonchev–Trinajstić information content (AvgIpc) is 2.43. The highest BCUT2D eigenvalue weighted by Crippen LogP contribution is 2.17. The highest BCUT2D eigenvalue weighted by molar-refractivity contribution is 5.72. The summed E-state index contributed by atoms with van der Waals surface area (Å²) in [6, 6.07) is 8.07. The quantitative estimate of drug-likeness (QED) is 0.787. The Morgan fingerprint density at radius 1 is 1.22 bits per heavy atom. The number of esters is 1. The molecule has 0 spiro atoms. The van der Waals surface area contributed by atoms with Crippen LogP contribution in [-0.4, -0.2) is 26.7 Å². The summed E-state index contributed by atoms with van der Waals surface area (Å²) in [6.07, 6.45) is 0. The van der Waals surface area contributed by atoms with E-state index in [4.69, 9.17) is 4.74 Å². The van der Waals surface area contributed by atoms with Gasteiger partial charge in [0.2, 0.25) is 0 Å². The molecule has 0 radical (unpaired) electrons. The smallest absolute Gasteiger partial charge is 0.309 e. The molecule has 18 heavy (non-hydrogen) atoms. The van der Waals surface area contributed by atoms with Crippen LogP contribution in [0.3, 0.4) is 0 Å². The molecule has 1 N–H and O–H groups in total. The van der Waals surface area contributed by atoms with Gasteiger partial charge in [0.25, 0.3) is 0 Å². The molecule has 0 fully saturated rings. The lowest BCUT2D eigenvalue weighted by Crippen LogP contribution is -2.29. The second kappa shape index (κ2) is 7.01. The first kappa shape index (κ1) is 14.5. The lowest BCUT2D eigenvalue weighted by Gasteiger charge is -2.17. The third-order valence-corrected chi connectivity index (χ3v) is 2.95. The Bertz CT molecular complexity index is 375. The monoisotopic (exact) mass is 251 g/mol. The largest absolute Gasteiger partial charge is 0.497 e. The molecule has 0 bridgehead atoms. The normalized spacial score (nSPS) is 13.8. The zero-order chi connectivity index (χ0) is 13.5. The van der Waals surface area contributed by atoms with Gasteiger partial charge in [-0.25, -0.2) is 0 Å². The molecule has 0 aliphatic rings. The summed E-state index contributed by atoms with van der Waals surface area (Å²) < 4.78 is 9.80. The van der Waals surface area contributed by atoms with Gasteiger partial charge in [-0.2, -0.15) is 0 Å². The van der Waals surface area contributed by atoms with E-state index in [1.807, 2.05) is 31.2 Å². The number of methoxy groups -OCH3 is 2. The lowest BCUT2D eigenvalue weighted by molar-refractivity contribution is -0.144. The predicted molar refractivity (Wildman–Crippen MR) is 70.6 cm³/mol. The van der Waals surface area contributed by atoms with E-state index in [-0.39, 0.29) is 17.9 Å². The van der Waals surface area contributed by atoms with E-state index in [0.717, 1.165) is 11.3 Å². The predicted octanol–water partition coefficient (Wildman–Crippen LogP) is 2.15. The Hall–Kier alpha value is -1.55. The minimum absolute atomic E-state index is 0.143. The molecule has 4 heteroatoms. The molecule has 0 aliphatic heterocycles. The van der Waals surface area contributed by atoms with Crippen LogP contribution in [-0.2, 0) is 9.53 Å². The molecule has 4 nitrogen and oxygen atoms in total. The number of ether oxygens (including phenoxy) is 2. The van der Waals surface area contributed by atoms with Crippen molar-refractivity contribution in [1.29, 1.82) is 0 Å². The molecule has 0 saturated carbocycles. The van der Waals surface area contributed by atoms with E-state index < -0.39 is 0 Å². The van der Waals surface area contributed by atoms with Crippen molar-refractivity contribution in [3.8, 4) is 5.75 Å². The van der Waals surface area contributed by atoms with E-state index >= 15 is 0 Å². The van der Waals surface area contributed by atoms with Crippen molar-refractivity contribution in [3.63, 3.8) is 0 Å². The third kappa shape index (κ3) is 4.04. The minimum Gasteiger partial charge on any atom is -0.497 e. The van der Waals surface area contributed by atoms with Crippen molar-refractivity contribution < 1.29 is 14.3 Å². The van der Waals surface area contributed by atoms with Gasteiger partial charge in [0, 0.05) is 12.6 Å². The van der Waals surface area contributed by atoms with Gasteiger partial charge in [0.1, 0.15) is 5.75 Å². The van der Waals surface area contributed by atoms with Crippen molar-refractivity contribution in [2.24, 2.45) is 5.92 Å². The number of hydrogen-bond donors (Lipinski definition) is 1. The fourth-order valence-corrected chi connectivity index (χ4v) is 1.65. The van der Waals surface area contributed by atoms with Gasteiger partial charge in [-0.1, -0.05) is 19.1 Å². The standard InChI is InChI=1S/C14H21NO3/c1-10(14(16)18-4)9-15-11(2)12-5-7-13(17-3)8-6-12/h5-8,10-11,15H,9H2,1-4H3. The molecule has 1 rings (SSSR count). The fourth-order valence-electron chi connectivity index (χ4n) is 1.65. The Morgan fingerprint density at radius 3 is 2.33 bits per heavy atom. The average molecular weight is 251 g/mol.